The summed E-state index contributed by atoms with van der Waals surface area (Å²) in [6.45, 7) is 1.22. The van der Waals surface area contributed by atoms with Crippen LogP contribution in [0.2, 0.25) is 0 Å². The van der Waals surface area contributed by atoms with Gasteiger partial charge in [0.2, 0.25) is 0 Å². The number of nitriles is 1. The molecule has 2 heteroatoms. The van der Waals surface area contributed by atoms with E-state index < -0.39 is 5.41 Å². The molecule has 1 aliphatic heterocycles. The molecule has 0 N–H and O–H groups in total. The number of hydrogen-bond acceptors (Lipinski definition) is 2. The zero-order valence-corrected chi connectivity index (χ0v) is 19.9. The minimum atomic E-state index is -0.564. The Morgan fingerprint density at radius 3 is 2.03 bits per heavy atom. The molecule has 172 valence electrons. The molecule has 3 fully saturated rings. The minimum Gasteiger partial charge on any atom is -0.296 e. The second-order valence-electron chi connectivity index (χ2n) is 10.9. The predicted octanol–water partition coefficient (Wildman–Crippen LogP) is 6.76. The fourth-order valence-corrected chi connectivity index (χ4v) is 7.71. The fraction of sp³-hybridized carbons (Fsp3) is 0.406. The third kappa shape index (κ3) is 3.41. The van der Waals surface area contributed by atoms with E-state index in [1.54, 1.807) is 0 Å². The summed E-state index contributed by atoms with van der Waals surface area (Å²) in [5.41, 5.74) is 3.73. The third-order valence-corrected chi connectivity index (χ3v) is 9.28. The van der Waals surface area contributed by atoms with Gasteiger partial charge in [0.05, 0.1) is 6.07 Å². The van der Waals surface area contributed by atoms with Crippen molar-refractivity contribution < 1.29 is 0 Å². The van der Waals surface area contributed by atoms with E-state index in [0.717, 1.165) is 29.6 Å². The van der Waals surface area contributed by atoms with Crippen LogP contribution in [0.1, 0.15) is 55.2 Å². The lowest BCUT2D eigenvalue weighted by atomic mass is 9.53. The average molecular weight is 447 g/mol. The zero-order chi connectivity index (χ0) is 23.0. The molecule has 3 aromatic rings. The number of likely N-dealkylation sites (tertiary alicyclic amines) is 1. The Hall–Kier alpha value is -2.89. The number of hydrogen-bond donors (Lipinski definition) is 0. The van der Waals surface area contributed by atoms with Gasteiger partial charge in [-0.05, 0) is 74.1 Å². The topological polar surface area (TPSA) is 27.0 Å². The lowest BCUT2D eigenvalue weighted by Crippen LogP contribution is -2.74. The number of nitrogens with zero attached hydrogens (tertiary/aromatic N) is 2. The zero-order valence-electron chi connectivity index (χ0n) is 19.9. The molecule has 34 heavy (non-hydrogen) atoms. The Morgan fingerprint density at radius 1 is 0.853 bits per heavy atom. The molecule has 0 amide bonds. The van der Waals surface area contributed by atoms with Crippen molar-refractivity contribution in [1.29, 1.82) is 5.26 Å². The molecule has 3 aromatic carbocycles. The van der Waals surface area contributed by atoms with Gasteiger partial charge >= 0.3 is 0 Å². The van der Waals surface area contributed by atoms with Crippen molar-refractivity contribution in [3.05, 3.63) is 108 Å². The molecule has 0 aromatic heterocycles. The Bertz CT molecular complexity index is 1110. The molecule has 2 nitrogen and oxygen atoms in total. The molecule has 3 aliphatic rings. The molecule has 2 aliphatic carbocycles. The van der Waals surface area contributed by atoms with Crippen molar-refractivity contribution in [2.45, 2.75) is 62.4 Å². The number of piperidine rings is 1. The summed E-state index contributed by atoms with van der Waals surface area (Å²) >= 11 is 0. The number of rotatable bonds is 8. The van der Waals surface area contributed by atoms with Crippen LogP contribution in [0.15, 0.2) is 91.0 Å². The third-order valence-electron chi connectivity index (χ3n) is 9.28. The first kappa shape index (κ1) is 21.6. The van der Waals surface area contributed by atoms with Crippen LogP contribution < -0.4 is 0 Å². The van der Waals surface area contributed by atoms with Crippen LogP contribution in [0.4, 0.5) is 0 Å². The Balaban J connectivity index is 1.19. The van der Waals surface area contributed by atoms with Crippen molar-refractivity contribution in [3.8, 4) is 6.07 Å². The van der Waals surface area contributed by atoms with E-state index in [1.165, 1.54) is 50.6 Å². The SMILES string of the molecule is N#CC(CC1C[C@@H]2N(CCCc3ccccc3)[C@H]3CCC32C1)(c1ccccc1)c1ccccc1. The molecule has 4 atom stereocenters. The van der Waals surface area contributed by atoms with Gasteiger partial charge in [-0.25, -0.2) is 0 Å². The highest BCUT2D eigenvalue weighted by atomic mass is 15.3. The lowest BCUT2D eigenvalue weighted by Gasteiger charge is -2.69. The van der Waals surface area contributed by atoms with Crippen molar-refractivity contribution >= 4 is 0 Å². The Morgan fingerprint density at radius 2 is 1.47 bits per heavy atom. The molecule has 2 saturated carbocycles. The first-order chi connectivity index (χ1) is 16.7. The summed E-state index contributed by atoms with van der Waals surface area (Å²) in [6, 6.07) is 36.3. The van der Waals surface area contributed by atoms with Crippen LogP contribution in [0.5, 0.6) is 0 Å². The van der Waals surface area contributed by atoms with Gasteiger partial charge in [-0.15, -0.1) is 0 Å². The Labute approximate surface area is 204 Å². The second-order valence-corrected chi connectivity index (χ2v) is 10.9. The van der Waals surface area contributed by atoms with Crippen molar-refractivity contribution in [2.24, 2.45) is 11.3 Å². The van der Waals surface area contributed by atoms with Crippen LogP contribution in [0.25, 0.3) is 0 Å². The molecule has 1 saturated heterocycles. The summed E-state index contributed by atoms with van der Waals surface area (Å²) < 4.78 is 0. The fourth-order valence-electron chi connectivity index (χ4n) is 7.71. The van der Waals surface area contributed by atoms with Crippen molar-refractivity contribution in [1.82, 2.24) is 4.90 Å². The van der Waals surface area contributed by atoms with Gasteiger partial charge in [-0.2, -0.15) is 5.26 Å². The molecule has 1 heterocycles. The van der Waals surface area contributed by atoms with E-state index in [0.29, 0.717) is 11.3 Å². The highest BCUT2D eigenvalue weighted by Gasteiger charge is 2.68. The summed E-state index contributed by atoms with van der Waals surface area (Å²) in [4.78, 5) is 2.84. The van der Waals surface area contributed by atoms with E-state index >= 15 is 0 Å². The van der Waals surface area contributed by atoms with Crippen LogP contribution in [-0.4, -0.2) is 23.5 Å². The molecular weight excluding hydrogens is 412 g/mol. The Kier molecular flexibility index (Phi) is 5.54. The van der Waals surface area contributed by atoms with Crippen molar-refractivity contribution in [3.63, 3.8) is 0 Å². The monoisotopic (exact) mass is 446 g/mol. The smallest absolute Gasteiger partial charge is 0.107 e. The normalized spacial score (nSPS) is 27.7. The molecule has 1 spiro atoms. The van der Waals surface area contributed by atoms with E-state index in [9.17, 15) is 5.26 Å². The summed E-state index contributed by atoms with van der Waals surface area (Å²) in [6.07, 6.45) is 8.67. The molecular formula is C32H34N2. The van der Waals surface area contributed by atoms with E-state index in [-0.39, 0.29) is 0 Å². The van der Waals surface area contributed by atoms with Crippen LogP contribution >= 0.6 is 0 Å². The summed E-state index contributed by atoms with van der Waals surface area (Å²) in [5.74, 6) is 0.604. The van der Waals surface area contributed by atoms with Crippen LogP contribution in [-0.2, 0) is 11.8 Å². The van der Waals surface area contributed by atoms with Gasteiger partial charge in [0.25, 0.3) is 0 Å². The molecule has 0 bridgehead atoms. The highest BCUT2D eigenvalue weighted by molar-refractivity contribution is 5.46. The quantitative estimate of drug-likeness (QED) is 0.382. The number of benzene rings is 3. The second kappa shape index (κ2) is 8.71. The first-order valence-corrected chi connectivity index (χ1v) is 13.1. The standard InChI is InChI=1S/C32H34N2/c33-24-32(27-14-6-2-7-15-27,28-16-8-3-9-17-28)23-26-21-30-31(22-26)19-18-29(31)34(30)20-10-13-25-11-4-1-5-12-25/h1-9,11-12,14-17,26,29-30H,10,13,18-23H2/t26?,29-,30-,31?/m0/s1. The van der Waals surface area contributed by atoms with Crippen LogP contribution in [0.3, 0.4) is 0 Å². The minimum absolute atomic E-state index is 0.548. The molecule has 6 rings (SSSR count). The average Bonchev–Trinajstić information content (AvgIpc) is 3.26. The van der Waals surface area contributed by atoms with Gasteiger partial charge in [0.1, 0.15) is 5.41 Å². The van der Waals surface area contributed by atoms with Gasteiger partial charge in [0.15, 0.2) is 0 Å². The first-order valence-electron chi connectivity index (χ1n) is 13.1. The van der Waals surface area contributed by atoms with Gasteiger partial charge in [-0.3, -0.25) is 4.90 Å². The van der Waals surface area contributed by atoms with E-state index in [4.69, 9.17) is 0 Å². The maximum Gasteiger partial charge on any atom is 0.107 e. The predicted molar refractivity (Wildman–Crippen MR) is 137 cm³/mol. The lowest BCUT2D eigenvalue weighted by molar-refractivity contribution is -0.188. The van der Waals surface area contributed by atoms with E-state index in [1.807, 2.05) is 0 Å². The molecule has 2 unspecified atom stereocenters. The van der Waals surface area contributed by atoms with Gasteiger partial charge < -0.3 is 0 Å². The molecule has 0 radical (unpaired) electrons. The highest BCUT2D eigenvalue weighted by Crippen LogP contribution is 2.67. The van der Waals surface area contributed by atoms with E-state index in [2.05, 4.69) is 102 Å². The summed E-state index contributed by atoms with van der Waals surface area (Å²) in [5, 5.41) is 10.6. The van der Waals surface area contributed by atoms with Gasteiger partial charge in [-0.1, -0.05) is 91.0 Å². The maximum atomic E-state index is 10.6. The van der Waals surface area contributed by atoms with Crippen molar-refractivity contribution in [2.75, 3.05) is 6.54 Å². The number of aryl methyl sites for hydroxylation is 1. The van der Waals surface area contributed by atoms with Crippen LogP contribution in [0, 0.1) is 22.7 Å². The maximum absolute atomic E-state index is 10.6. The van der Waals surface area contributed by atoms with Gasteiger partial charge in [0, 0.05) is 17.5 Å². The largest absolute Gasteiger partial charge is 0.296 e. The summed E-state index contributed by atoms with van der Waals surface area (Å²) in [7, 11) is 0.